The van der Waals surface area contributed by atoms with Crippen molar-refractivity contribution < 1.29 is 8.42 Å². The highest BCUT2D eigenvalue weighted by Crippen LogP contribution is 2.28. The summed E-state index contributed by atoms with van der Waals surface area (Å²) in [6.07, 6.45) is 7.73. The molecule has 1 atom stereocenters. The fraction of sp³-hybridized carbons (Fsp3) is 1.00. The first-order valence-electron chi connectivity index (χ1n) is 7.04. The minimum atomic E-state index is -3.05. The molecule has 0 amide bonds. The standard InChI is InChI=1S/C13H27NO2S/c1-4-9-12(3)14(17(15,16)5-2)13-10-7-6-8-11-13/h12-13H,4-11H2,1-3H3. The maximum atomic E-state index is 12.2. The van der Waals surface area contributed by atoms with E-state index in [4.69, 9.17) is 0 Å². The molecule has 1 aliphatic rings. The number of sulfonamides is 1. The molecule has 3 nitrogen and oxygen atoms in total. The molecule has 17 heavy (non-hydrogen) atoms. The Morgan fingerprint density at radius 1 is 1.18 bits per heavy atom. The van der Waals surface area contributed by atoms with Gasteiger partial charge in [-0.25, -0.2) is 8.42 Å². The van der Waals surface area contributed by atoms with Crippen LogP contribution in [0.25, 0.3) is 0 Å². The summed E-state index contributed by atoms with van der Waals surface area (Å²) in [5.74, 6) is 0.234. The van der Waals surface area contributed by atoms with Crippen molar-refractivity contribution in [2.45, 2.75) is 77.8 Å². The maximum Gasteiger partial charge on any atom is 0.214 e. The Kier molecular flexibility index (Phi) is 5.93. The van der Waals surface area contributed by atoms with Gasteiger partial charge in [-0.05, 0) is 33.1 Å². The van der Waals surface area contributed by atoms with Crippen LogP contribution in [-0.2, 0) is 10.0 Å². The summed E-state index contributed by atoms with van der Waals surface area (Å²) in [6.45, 7) is 5.93. The molecule has 0 heterocycles. The summed E-state index contributed by atoms with van der Waals surface area (Å²) in [7, 11) is -3.05. The minimum absolute atomic E-state index is 0.160. The van der Waals surface area contributed by atoms with Crippen LogP contribution in [0.4, 0.5) is 0 Å². The van der Waals surface area contributed by atoms with Crippen molar-refractivity contribution in [3.63, 3.8) is 0 Å². The van der Waals surface area contributed by atoms with Crippen molar-refractivity contribution in [3.8, 4) is 0 Å². The van der Waals surface area contributed by atoms with Crippen LogP contribution in [0, 0.1) is 0 Å². The highest BCUT2D eigenvalue weighted by molar-refractivity contribution is 7.89. The van der Waals surface area contributed by atoms with Crippen LogP contribution in [-0.4, -0.2) is 30.6 Å². The molecule has 0 N–H and O–H groups in total. The van der Waals surface area contributed by atoms with Crippen molar-refractivity contribution in [1.29, 1.82) is 0 Å². The molecule has 1 aliphatic carbocycles. The molecule has 1 unspecified atom stereocenters. The lowest BCUT2D eigenvalue weighted by atomic mass is 9.94. The van der Waals surface area contributed by atoms with E-state index in [1.54, 1.807) is 6.92 Å². The first kappa shape index (κ1) is 15.0. The topological polar surface area (TPSA) is 37.4 Å². The van der Waals surface area contributed by atoms with Crippen LogP contribution >= 0.6 is 0 Å². The first-order valence-corrected chi connectivity index (χ1v) is 8.65. The lowest BCUT2D eigenvalue weighted by Crippen LogP contribution is -2.47. The average Bonchev–Trinajstić information content (AvgIpc) is 2.30. The molecule has 0 aromatic heterocycles. The molecule has 102 valence electrons. The molecule has 0 spiro atoms. The lowest BCUT2D eigenvalue weighted by molar-refractivity contribution is 0.204. The molecule has 1 saturated carbocycles. The Bertz CT molecular complexity index is 307. The number of hydrogen-bond acceptors (Lipinski definition) is 2. The minimum Gasteiger partial charge on any atom is -0.212 e. The monoisotopic (exact) mass is 261 g/mol. The van der Waals surface area contributed by atoms with E-state index in [-0.39, 0.29) is 17.8 Å². The van der Waals surface area contributed by atoms with Crippen LogP contribution in [0.1, 0.15) is 65.7 Å². The third kappa shape index (κ3) is 3.95. The molecule has 0 radical (unpaired) electrons. The van der Waals surface area contributed by atoms with E-state index in [2.05, 4.69) is 13.8 Å². The number of rotatable bonds is 6. The third-order valence-electron chi connectivity index (χ3n) is 3.76. The SMILES string of the molecule is CCCC(C)N(C1CCCCC1)S(=O)(=O)CC. The molecular weight excluding hydrogens is 234 g/mol. The van der Waals surface area contributed by atoms with E-state index >= 15 is 0 Å². The van der Waals surface area contributed by atoms with Crippen molar-refractivity contribution in [3.05, 3.63) is 0 Å². The number of hydrogen-bond donors (Lipinski definition) is 0. The predicted molar refractivity (Wildman–Crippen MR) is 72.5 cm³/mol. The van der Waals surface area contributed by atoms with Gasteiger partial charge >= 0.3 is 0 Å². The van der Waals surface area contributed by atoms with Gasteiger partial charge in [-0.15, -0.1) is 0 Å². The maximum absolute atomic E-state index is 12.2. The quantitative estimate of drug-likeness (QED) is 0.736. The Balaban J connectivity index is 2.84. The van der Waals surface area contributed by atoms with E-state index in [0.717, 1.165) is 25.7 Å². The van der Waals surface area contributed by atoms with Crippen molar-refractivity contribution in [2.24, 2.45) is 0 Å². The summed E-state index contributed by atoms with van der Waals surface area (Å²) in [6, 6.07) is 0.420. The Morgan fingerprint density at radius 2 is 1.76 bits per heavy atom. The zero-order valence-electron chi connectivity index (χ0n) is 11.5. The fourth-order valence-electron chi connectivity index (χ4n) is 2.89. The molecule has 1 rings (SSSR count). The summed E-state index contributed by atoms with van der Waals surface area (Å²) in [4.78, 5) is 0. The lowest BCUT2D eigenvalue weighted by Gasteiger charge is -2.37. The van der Waals surface area contributed by atoms with Crippen molar-refractivity contribution in [1.82, 2.24) is 4.31 Å². The second-order valence-electron chi connectivity index (χ2n) is 5.16. The van der Waals surface area contributed by atoms with Gasteiger partial charge in [0, 0.05) is 12.1 Å². The van der Waals surface area contributed by atoms with Crippen LogP contribution in [0.2, 0.25) is 0 Å². The smallest absolute Gasteiger partial charge is 0.212 e. The predicted octanol–water partition coefficient (Wildman–Crippen LogP) is 3.16. The van der Waals surface area contributed by atoms with Gasteiger partial charge in [0.15, 0.2) is 0 Å². The van der Waals surface area contributed by atoms with Crippen molar-refractivity contribution >= 4 is 10.0 Å². The van der Waals surface area contributed by atoms with E-state index in [1.807, 2.05) is 4.31 Å². The summed E-state index contributed by atoms with van der Waals surface area (Å²) < 4.78 is 26.3. The molecule has 0 aromatic rings. The van der Waals surface area contributed by atoms with Gasteiger partial charge in [0.05, 0.1) is 5.75 Å². The normalized spacial score (nSPS) is 20.7. The largest absolute Gasteiger partial charge is 0.214 e. The van der Waals surface area contributed by atoms with Gasteiger partial charge in [-0.3, -0.25) is 0 Å². The van der Waals surface area contributed by atoms with Gasteiger partial charge in [-0.1, -0.05) is 32.6 Å². The van der Waals surface area contributed by atoms with E-state index < -0.39 is 10.0 Å². The van der Waals surface area contributed by atoms with E-state index in [1.165, 1.54) is 19.3 Å². The Morgan fingerprint density at radius 3 is 2.24 bits per heavy atom. The van der Waals surface area contributed by atoms with Crippen LogP contribution < -0.4 is 0 Å². The van der Waals surface area contributed by atoms with Gasteiger partial charge in [0.1, 0.15) is 0 Å². The Hall–Kier alpha value is -0.0900. The second-order valence-corrected chi connectivity index (χ2v) is 7.32. The molecular formula is C13H27NO2S. The molecule has 0 aromatic carbocycles. The van der Waals surface area contributed by atoms with E-state index in [0.29, 0.717) is 0 Å². The third-order valence-corrected chi connectivity index (χ3v) is 5.79. The van der Waals surface area contributed by atoms with Gasteiger partial charge in [-0.2, -0.15) is 4.31 Å². The van der Waals surface area contributed by atoms with Crippen LogP contribution in [0.15, 0.2) is 0 Å². The van der Waals surface area contributed by atoms with Crippen LogP contribution in [0.3, 0.4) is 0 Å². The van der Waals surface area contributed by atoms with E-state index in [9.17, 15) is 8.42 Å². The zero-order chi connectivity index (χ0) is 12.9. The molecule has 4 heteroatoms. The molecule has 1 fully saturated rings. The van der Waals surface area contributed by atoms with Crippen LogP contribution in [0.5, 0.6) is 0 Å². The Labute approximate surface area is 107 Å². The molecule has 0 saturated heterocycles. The molecule has 0 aliphatic heterocycles. The van der Waals surface area contributed by atoms with Gasteiger partial charge < -0.3 is 0 Å². The summed E-state index contributed by atoms with van der Waals surface area (Å²) >= 11 is 0. The highest BCUT2D eigenvalue weighted by Gasteiger charge is 2.33. The summed E-state index contributed by atoms with van der Waals surface area (Å²) in [5.41, 5.74) is 0. The van der Waals surface area contributed by atoms with Gasteiger partial charge in [0.25, 0.3) is 0 Å². The van der Waals surface area contributed by atoms with Crippen molar-refractivity contribution in [2.75, 3.05) is 5.75 Å². The second kappa shape index (κ2) is 6.74. The molecule has 0 bridgehead atoms. The fourth-order valence-corrected chi connectivity index (χ4v) is 4.51. The summed E-state index contributed by atoms with van der Waals surface area (Å²) in [5, 5.41) is 0. The zero-order valence-corrected chi connectivity index (χ0v) is 12.3. The van der Waals surface area contributed by atoms with Gasteiger partial charge in [0.2, 0.25) is 10.0 Å². The first-order chi connectivity index (χ1) is 8.03. The highest BCUT2D eigenvalue weighted by atomic mass is 32.2. The average molecular weight is 261 g/mol. The number of nitrogens with zero attached hydrogens (tertiary/aromatic N) is 1.